The zero-order valence-electron chi connectivity index (χ0n) is 21.9. The summed E-state index contributed by atoms with van der Waals surface area (Å²) in [6.45, 7) is 9.03. The fourth-order valence-corrected chi connectivity index (χ4v) is 5.28. The Balaban J connectivity index is 1.24. The van der Waals surface area contributed by atoms with Crippen LogP contribution in [0.25, 0.3) is 22.4 Å². The minimum absolute atomic E-state index is 0.211. The van der Waals surface area contributed by atoms with Crippen molar-refractivity contribution in [3.63, 3.8) is 0 Å². The predicted octanol–water partition coefficient (Wildman–Crippen LogP) is 8.23. The molecule has 0 aliphatic carbocycles. The van der Waals surface area contributed by atoms with Crippen molar-refractivity contribution in [2.24, 2.45) is 5.92 Å². The van der Waals surface area contributed by atoms with Crippen molar-refractivity contribution in [2.45, 2.75) is 26.3 Å². The highest BCUT2D eigenvalue weighted by atomic mass is 35.5. The first-order valence-corrected chi connectivity index (χ1v) is 13.5. The van der Waals surface area contributed by atoms with Crippen LogP contribution in [-0.4, -0.2) is 23.0 Å². The number of nitrogens with zero attached hydrogens (tertiary/aromatic N) is 3. The zero-order chi connectivity index (χ0) is 27.4. The molecule has 0 bridgehead atoms. The van der Waals surface area contributed by atoms with Gasteiger partial charge in [-0.05, 0) is 67.7 Å². The summed E-state index contributed by atoms with van der Waals surface area (Å²) in [5.74, 6) is 0.112. The van der Waals surface area contributed by atoms with E-state index < -0.39 is 0 Å². The second-order valence-electron chi connectivity index (χ2n) is 10.1. The van der Waals surface area contributed by atoms with E-state index in [-0.39, 0.29) is 11.0 Å². The van der Waals surface area contributed by atoms with Crippen LogP contribution >= 0.6 is 11.6 Å². The standard InChI is InChI=1S/C33H30ClFN4/c1-22-8-13-29(35)19-31(22)37-23(2)25-14-16-39(17-15-25)21-24-9-11-27(12-10-24)32-30(26-6-4-3-5-7-26)18-28(20-36)33(34)38-32/h3-13,18-19,25,37H,2,14-17,21H2,1H3. The van der Waals surface area contributed by atoms with Crippen molar-refractivity contribution in [1.29, 1.82) is 5.26 Å². The number of anilines is 1. The lowest BCUT2D eigenvalue weighted by atomic mass is 9.93. The van der Waals surface area contributed by atoms with Gasteiger partial charge in [0.1, 0.15) is 17.0 Å². The Labute approximate surface area is 234 Å². The number of benzene rings is 3. The van der Waals surface area contributed by atoms with E-state index in [1.807, 2.05) is 43.3 Å². The van der Waals surface area contributed by atoms with E-state index in [4.69, 9.17) is 11.6 Å². The van der Waals surface area contributed by atoms with Crippen LogP contribution in [0.15, 0.2) is 91.1 Å². The highest BCUT2D eigenvalue weighted by Crippen LogP contribution is 2.34. The van der Waals surface area contributed by atoms with E-state index in [2.05, 4.69) is 52.1 Å². The molecule has 2 heterocycles. The number of pyridine rings is 1. The van der Waals surface area contributed by atoms with Crippen molar-refractivity contribution >= 4 is 17.3 Å². The minimum atomic E-state index is -0.244. The molecule has 1 N–H and O–H groups in total. The van der Waals surface area contributed by atoms with E-state index >= 15 is 0 Å². The molecule has 6 heteroatoms. The van der Waals surface area contributed by atoms with Crippen LogP contribution in [0.4, 0.5) is 10.1 Å². The summed E-state index contributed by atoms with van der Waals surface area (Å²) in [6, 6.07) is 27.1. The molecule has 1 aliphatic heterocycles. The molecular formula is C33H30ClFN4. The number of rotatable bonds is 7. The van der Waals surface area contributed by atoms with Crippen LogP contribution in [0.2, 0.25) is 5.15 Å². The maximum absolute atomic E-state index is 13.7. The lowest BCUT2D eigenvalue weighted by molar-refractivity contribution is 0.192. The van der Waals surface area contributed by atoms with Crippen LogP contribution < -0.4 is 5.32 Å². The molecule has 1 fully saturated rings. The number of allylic oxidation sites excluding steroid dienone is 1. The highest BCUT2D eigenvalue weighted by Gasteiger charge is 2.22. The third kappa shape index (κ3) is 6.20. The van der Waals surface area contributed by atoms with E-state index in [1.54, 1.807) is 6.07 Å². The first kappa shape index (κ1) is 26.6. The highest BCUT2D eigenvalue weighted by molar-refractivity contribution is 6.30. The fraction of sp³-hybridized carbons (Fsp3) is 0.212. The number of aromatic nitrogens is 1. The summed E-state index contributed by atoms with van der Waals surface area (Å²) in [6.07, 6.45) is 2.01. The average Bonchev–Trinajstić information content (AvgIpc) is 2.96. The van der Waals surface area contributed by atoms with Crippen molar-refractivity contribution in [3.8, 4) is 28.5 Å². The fourth-order valence-electron chi connectivity index (χ4n) is 5.10. The Kier molecular flexibility index (Phi) is 8.07. The van der Waals surface area contributed by atoms with Crippen LogP contribution in [-0.2, 0) is 6.54 Å². The second kappa shape index (κ2) is 11.8. The van der Waals surface area contributed by atoms with Gasteiger partial charge in [0.15, 0.2) is 0 Å². The number of piperidine rings is 1. The number of nitriles is 1. The molecule has 4 nitrogen and oxygen atoms in total. The molecule has 0 atom stereocenters. The monoisotopic (exact) mass is 536 g/mol. The predicted molar refractivity (Wildman–Crippen MR) is 157 cm³/mol. The Morgan fingerprint density at radius 3 is 2.46 bits per heavy atom. The molecular weight excluding hydrogens is 507 g/mol. The second-order valence-corrected chi connectivity index (χ2v) is 10.4. The molecule has 1 saturated heterocycles. The number of nitrogens with one attached hydrogen (secondary N) is 1. The van der Waals surface area contributed by atoms with Gasteiger partial charge in [0.2, 0.25) is 0 Å². The van der Waals surface area contributed by atoms with Gasteiger partial charge in [0.25, 0.3) is 0 Å². The summed E-state index contributed by atoms with van der Waals surface area (Å²) in [5, 5.41) is 13.0. The third-order valence-corrected chi connectivity index (χ3v) is 7.68. The van der Waals surface area contributed by atoms with Crippen LogP contribution in [0, 0.1) is 30.0 Å². The summed E-state index contributed by atoms with van der Waals surface area (Å²) < 4.78 is 13.7. The molecule has 0 unspecified atom stereocenters. The maximum atomic E-state index is 13.7. The van der Waals surface area contributed by atoms with E-state index in [0.717, 1.165) is 71.8 Å². The van der Waals surface area contributed by atoms with Gasteiger partial charge in [-0.3, -0.25) is 4.90 Å². The summed E-state index contributed by atoms with van der Waals surface area (Å²) in [4.78, 5) is 7.06. The normalized spacial score (nSPS) is 14.1. The van der Waals surface area contributed by atoms with Gasteiger partial charge >= 0.3 is 0 Å². The Morgan fingerprint density at radius 1 is 1.05 bits per heavy atom. The topological polar surface area (TPSA) is 52.0 Å². The molecule has 196 valence electrons. The number of likely N-dealkylation sites (tertiary alicyclic amines) is 1. The molecule has 0 amide bonds. The van der Waals surface area contributed by atoms with Crippen LogP contribution in [0.1, 0.15) is 29.5 Å². The van der Waals surface area contributed by atoms with Crippen molar-refractivity contribution < 1.29 is 4.39 Å². The van der Waals surface area contributed by atoms with Gasteiger partial charge in [0.05, 0.1) is 11.3 Å². The van der Waals surface area contributed by atoms with Crippen LogP contribution in [0.3, 0.4) is 0 Å². The average molecular weight is 537 g/mol. The van der Waals surface area contributed by atoms with Gasteiger partial charge in [-0.2, -0.15) is 5.26 Å². The van der Waals surface area contributed by atoms with Gasteiger partial charge in [-0.1, -0.05) is 78.8 Å². The van der Waals surface area contributed by atoms with Crippen molar-refractivity contribution in [2.75, 3.05) is 18.4 Å². The zero-order valence-corrected chi connectivity index (χ0v) is 22.7. The quantitative estimate of drug-likeness (QED) is 0.242. The largest absolute Gasteiger partial charge is 0.359 e. The molecule has 5 rings (SSSR count). The third-order valence-electron chi connectivity index (χ3n) is 7.39. The SMILES string of the molecule is C=C(Nc1cc(F)ccc1C)C1CCN(Cc2ccc(-c3nc(Cl)c(C#N)cc3-c3ccccc3)cc2)CC1. The minimum Gasteiger partial charge on any atom is -0.359 e. The maximum Gasteiger partial charge on any atom is 0.147 e. The summed E-state index contributed by atoms with van der Waals surface area (Å²) in [5.41, 5.74) is 7.93. The lowest BCUT2D eigenvalue weighted by Gasteiger charge is -2.33. The molecule has 1 aliphatic rings. The van der Waals surface area contributed by atoms with Gasteiger partial charge < -0.3 is 5.32 Å². The Morgan fingerprint density at radius 2 is 1.77 bits per heavy atom. The van der Waals surface area contributed by atoms with E-state index in [1.165, 1.54) is 17.7 Å². The summed E-state index contributed by atoms with van der Waals surface area (Å²) in [7, 11) is 0. The first-order chi connectivity index (χ1) is 18.9. The van der Waals surface area contributed by atoms with Crippen molar-refractivity contribution in [1.82, 2.24) is 9.88 Å². The van der Waals surface area contributed by atoms with Crippen LogP contribution in [0.5, 0.6) is 0 Å². The number of aryl methyl sites for hydroxylation is 1. The van der Waals surface area contributed by atoms with Gasteiger partial charge in [-0.15, -0.1) is 0 Å². The molecule has 39 heavy (non-hydrogen) atoms. The molecule has 0 spiro atoms. The van der Waals surface area contributed by atoms with Gasteiger partial charge in [0, 0.05) is 35.0 Å². The van der Waals surface area contributed by atoms with Crippen molar-refractivity contribution in [3.05, 3.63) is 119 Å². The van der Waals surface area contributed by atoms with E-state index in [0.29, 0.717) is 11.5 Å². The van der Waals surface area contributed by atoms with Gasteiger partial charge in [-0.25, -0.2) is 9.37 Å². The number of halogens is 2. The Bertz CT molecular complexity index is 1520. The summed E-state index contributed by atoms with van der Waals surface area (Å²) >= 11 is 6.33. The number of hydrogen-bond acceptors (Lipinski definition) is 4. The molecule has 0 saturated carbocycles. The molecule has 4 aromatic rings. The number of hydrogen-bond donors (Lipinski definition) is 1. The lowest BCUT2D eigenvalue weighted by Crippen LogP contribution is -2.34. The molecule has 3 aromatic carbocycles. The molecule has 1 aromatic heterocycles. The first-order valence-electron chi connectivity index (χ1n) is 13.1. The van der Waals surface area contributed by atoms with E-state index in [9.17, 15) is 9.65 Å². The Hall–Kier alpha value is -3.98. The smallest absolute Gasteiger partial charge is 0.147 e. The molecule has 0 radical (unpaired) electrons.